The van der Waals surface area contributed by atoms with E-state index in [4.69, 9.17) is 21.1 Å². The molecule has 0 aliphatic heterocycles. The molecule has 0 unspecified atom stereocenters. The molecule has 2 rings (SSSR count). The van der Waals surface area contributed by atoms with Crippen molar-refractivity contribution < 1.29 is 19.1 Å². The van der Waals surface area contributed by atoms with E-state index in [0.717, 1.165) is 17.4 Å². The molecule has 2 aromatic rings. The quantitative estimate of drug-likeness (QED) is 0.586. The van der Waals surface area contributed by atoms with E-state index in [2.05, 4.69) is 5.32 Å². The molecule has 0 heterocycles. The van der Waals surface area contributed by atoms with Crippen molar-refractivity contribution in [3.05, 3.63) is 53.1 Å². The maximum atomic E-state index is 11.6. The smallest absolute Gasteiger partial charge is 0.407 e. The normalized spacial score (nSPS) is 10.9. The summed E-state index contributed by atoms with van der Waals surface area (Å²) < 4.78 is 10.8. The van der Waals surface area contributed by atoms with Crippen molar-refractivity contribution in [3.8, 4) is 16.9 Å². The van der Waals surface area contributed by atoms with Crippen LogP contribution < -0.4 is 10.1 Å². The number of nitrogens with one attached hydrogen (secondary N) is 1. The van der Waals surface area contributed by atoms with Crippen LogP contribution in [0.4, 0.5) is 4.79 Å². The van der Waals surface area contributed by atoms with E-state index < -0.39 is 11.7 Å². The number of amides is 1. The second kappa shape index (κ2) is 8.72. The van der Waals surface area contributed by atoms with Crippen LogP contribution in [0.3, 0.4) is 0 Å². The standard InChI is InChI=1S/C20H22ClNO4/c1-20(2,3)26-19(24)22-8-9-25-18-11-14(13-23)10-16(12-18)15-4-6-17(21)7-5-15/h4-7,10-13H,8-9H2,1-3H3,(H,22,24). The Morgan fingerprint density at radius 3 is 2.42 bits per heavy atom. The number of aldehydes is 1. The predicted molar refractivity (Wildman–Crippen MR) is 102 cm³/mol. The second-order valence-corrected chi connectivity index (χ2v) is 7.13. The van der Waals surface area contributed by atoms with E-state index in [1.807, 2.05) is 18.2 Å². The van der Waals surface area contributed by atoms with Crippen LogP contribution in [0.5, 0.6) is 5.75 Å². The van der Waals surface area contributed by atoms with Crippen LogP contribution in [0.25, 0.3) is 11.1 Å². The molecular weight excluding hydrogens is 354 g/mol. The van der Waals surface area contributed by atoms with Crippen LogP contribution in [-0.4, -0.2) is 31.1 Å². The fraction of sp³-hybridized carbons (Fsp3) is 0.300. The lowest BCUT2D eigenvalue weighted by Gasteiger charge is -2.19. The van der Waals surface area contributed by atoms with Crippen LogP contribution in [0.15, 0.2) is 42.5 Å². The van der Waals surface area contributed by atoms with Gasteiger partial charge in [0.1, 0.15) is 24.2 Å². The molecule has 1 amide bonds. The average molecular weight is 376 g/mol. The van der Waals surface area contributed by atoms with Gasteiger partial charge in [-0.05, 0) is 62.2 Å². The topological polar surface area (TPSA) is 64.6 Å². The van der Waals surface area contributed by atoms with Crippen molar-refractivity contribution in [2.24, 2.45) is 0 Å². The van der Waals surface area contributed by atoms with E-state index in [0.29, 0.717) is 16.3 Å². The summed E-state index contributed by atoms with van der Waals surface area (Å²) in [5.41, 5.74) is 1.74. The van der Waals surface area contributed by atoms with Gasteiger partial charge in [-0.15, -0.1) is 0 Å². The maximum absolute atomic E-state index is 11.6. The van der Waals surface area contributed by atoms with E-state index in [-0.39, 0.29) is 13.2 Å². The first kappa shape index (κ1) is 19.8. The molecule has 0 radical (unpaired) electrons. The summed E-state index contributed by atoms with van der Waals surface area (Å²) in [6, 6.07) is 12.6. The molecule has 0 aliphatic rings. The Morgan fingerprint density at radius 2 is 1.81 bits per heavy atom. The van der Waals surface area contributed by atoms with Crippen LogP contribution in [0.2, 0.25) is 5.02 Å². The summed E-state index contributed by atoms with van der Waals surface area (Å²) in [6.45, 7) is 5.93. The van der Waals surface area contributed by atoms with E-state index in [9.17, 15) is 9.59 Å². The van der Waals surface area contributed by atoms with E-state index in [1.54, 1.807) is 45.0 Å². The average Bonchev–Trinajstić information content (AvgIpc) is 2.57. The zero-order chi connectivity index (χ0) is 19.2. The molecule has 0 saturated carbocycles. The van der Waals surface area contributed by atoms with Gasteiger partial charge in [-0.3, -0.25) is 4.79 Å². The number of hydrogen-bond donors (Lipinski definition) is 1. The van der Waals surface area contributed by atoms with Gasteiger partial charge in [-0.2, -0.15) is 0 Å². The molecule has 6 heteroatoms. The van der Waals surface area contributed by atoms with Gasteiger partial charge in [0.15, 0.2) is 0 Å². The number of halogens is 1. The fourth-order valence-electron chi connectivity index (χ4n) is 2.22. The third-order valence-electron chi connectivity index (χ3n) is 3.28. The largest absolute Gasteiger partial charge is 0.492 e. The van der Waals surface area contributed by atoms with Gasteiger partial charge in [0, 0.05) is 10.6 Å². The molecule has 0 bridgehead atoms. The van der Waals surface area contributed by atoms with Crippen molar-refractivity contribution in [1.82, 2.24) is 5.32 Å². The van der Waals surface area contributed by atoms with Crippen molar-refractivity contribution >= 4 is 24.0 Å². The van der Waals surface area contributed by atoms with Crippen molar-refractivity contribution in [2.45, 2.75) is 26.4 Å². The van der Waals surface area contributed by atoms with Crippen LogP contribution >= 0.6 is 11.6 Å². The molecule has 2 aromatic carbocycles. The summed E-state index contributed by atoms with van der Waals surface area (Å²) in [5, 5.41) is 3.26. The third kappa shape index (κ3) is 6.41. The Balaban J connectivity index is 1.99. The molecule has 0 atom stereocenters. The number of alkyl carbamates (subject to hydrolysis) is 1. The Bertz CT molecular complexity index is 766. The lowest BCUT2D eigenvalue weighted by Crippen LogP contribution is -2.34. The van der Waals surface area contributed by atoms with Gasteiger partial charge in [0.05, 0.1) is 6.54 Å². The summed E-state index contributed by atoms with van der Waals surface area (Å²) >= 11 is 5.91. The van der Waals surface area contributed by atoms with Gasteiger partial charge in [-0.25, -0.2) is 4.79 Å². The van der Waals surface area contributed by atoms with Crippen molar-refractivity contribution in [1.29, 1.82) is 0 Å². The minimum absolute atomic E-state index is 0.252. The Morgan fingerprint density at radius 1 is 1.12 bits per heavy atom. The number of carbonyl (C=O) groups is 2. The van der Waals surface area contributed by atoms with Crippen molar-refractivity contribution in [3.63, 3.8) is 0 Å². The molecule has 0 aliphatic carbocycles. The number of rotatable bonds is 6. The SMILES string of the molecule is CC(C)(C)OC(=O)NCCOc1cc(C=O)cc(-c2ccc(Cl)cc2)c1. The number of hydrogen-bond acceptors (Lipinski definition) is 4. The van der Waals surface area contributed by atoms with Gasteiger partial charge >= 0.3 is 6.09 Å². The minimum atomic E-state index is -0.545. The molecule has 1 N–H and O–H groups in total. The lowest BCUT2D eigenvalue weighted by molar-refractivity contribution is 0.0520. The molecule has 0 spiro atoms. The van der Waals surface area contributed by atoms with Gasteiger partial charge in [-0.1, -0.05) is 23.7 Å². The Kier molecular flexibility index (Phi) is 6.64. The summed E-state index contributed by atoms with van der Waals surface area (Å²) in [6.07, 6.45) is 0.273. The monoisotopic (exact) mass is 375 g/mol. The zero-order valence-electron chi connectivity index (χ0n) is 15.0. The van der Waals surface area contributed by atoms with Crippen LogP contribution in [-0.2, 0) is 4.74 Å². The first-order chi connectivity index (χ1) is 12.3. The number of carbonyl (C=O) groups excluding carboxylic acids is 2. The van der Waals surface area contributed by atoms with E-state index in [1.165, 1.54) is 0 Å². The highest BCUT2D eigenvalue weighted by Crippen LogP contribution is 2.27. The highest BCUT2D eigenvalue weighted by molar-refractivity contribution is 6.30. The summed E-state index contributed by atoms with van der Waals surface area (Å²) in [7, 11) is 0. The molecule has 0 saturated heterocycles. The van der Waals surface area contributed by atoms with Crippen LogP contribution in [0, 0.1) is 0 Å². The Labute approximate surface area is 158 Å². The molecule has 0 aromatic heterocycles. The van der Waals surface area contributed by atoms with E-state index >= 15 is 0 Å². The summed E-state index contributed by atoms with van der Waals surface area (Å²) in [4.78, 5) is 22.8. The second-order valence-electron chi connectivity index (χ2n) is 6.69. The number of ether oxygens (including phenoxy) is 2. The molecule has 0 fully saturated rings. The fourth-order valence-corrected chi connectivity index (χ4v) is 2.34. The maximum Gasteiger partial charge on any atom is 0.407 e. The Hall–Kier alpha value is -2.53. The summed E-state index contributed by atoms with van der Waals surface area (Å²) in [5.74, 6) is 0.547. The zero-order valence-corrected chi connectivity index (χ0v) is 15.8. The van der Waals surface area contributed by atoms with Gasteiger partial charge in [0.25, 0.3) is 0 Å². The van der Waals surface area contributed by atoms with Gasteiger partial charge < -0.3 is 14.8 Å². The third-order valence-corrected chi connectivity index (χ3v) is 3.53. The lowest BCUT2D eigenvalue weighted by atomic mass is 10.0. The molecule has 26 heavy (non-hydrogen) atoms. The molecular formula is C20H22ClNO4. The number of benzene rings is 2. The first-order valence-electron chi connectivity index (χ1n) is 8.23. The van der Waals surface area contributed by atoms with Crippen LogP contribution in [0.1, 0.15) is 31.1 Å². The van der Waals surface area contributed by atoms with Gasteiger partial charge in [0.2, 0.25) is 0 Å². The highest BCUT2D eigenvalue weighted by Gasteiger charge is 2.15. The first-order valence-corrected chi connectivity index (χ1v) is 8.60. The molecule has 138 valence electrons. The minimum Gasteiger partial charge on any atom is -0.492 e. The molecule has 5 nitrogen and oxygen atoms in total. The van der Waals surface area contributed by atoms with Crippen molar-refractivity contribution in [2.75, 3.05) is 13.2 Å². The predicted octanol–water partition coefficient (Wildman–Crippen LogP) is 4.72. The highest BCUT2D eigenvalue weighted by atomic mass is 35.5.